The number of benzene rings is 2. The molecule has 11 heteroatoms. The fraction of sp³-hybridized carbons (Fsp3) is 0.273. The standard InChI is InChI=1S/C22H20F3N3O5/c1-32-15-8-11-6-7-26-18(14(11)10-16(15)33-2)17-19(29)27-21(31)28(20(17)30)13-5-3-4-12(9-13)22(23,24)25/h3-5,8-10,18,26,30H,6-7H2,1-2H3,(H,27,29,31). The molecule has 0 bridgehead atoms. The third-order valence-electron chi connectivity index (χ3n) is 5.54. The van der Waals surface area contributed by atoms with E-state index < -0.39 is 34.9 Å². The number of alkyl halides is 3. The Balaban J connectivity index is 1.92. The number of nitrogens with zero attached hydrogens (tertiary/aromatic N) is 1. The van der Waals surface area contributed by atoms with Crippen LogP contribution in [0.3, 0.4) is 0 Å². The van der Waals surface area contributed by atoms with Crippen molar-refractivity contribution in [3.63, 3.8) is 0 Å². The Hall–Kier alpha value is -3.73. The highest BCUT2D eigenvalue weighted by molar-refractivity contribution is 5.53. The molecule has 1 unspecified atom stereocenters. The monoisotopic (exact) mass is 463 g/mol. The zero-order chi connectivity index (χ0) is 23.9. The van der Waals surface area contributed by atoms with Gasteiger partial charge in [-0.1, -0.05) is 6.07 Å². The second kappa shape index (κ2) is 8.32. The molecule has 3 N–H and O–H groups in total. The highest BCUT2D eigenvalue weighted by atomic mass is 19.4. The number of ether oxygens (including phenoxy) is 2. The highest BCUT2D eigenvalue weighted by Crippen LogP contribution is 2.38. The molecule has 2 aromatic carbocycles. The minimum atomic E-state index is -4.65. The maximum absolute atomic E-state index is 13.2. The van der Waals surface area contributed by atoms with Crippen molar-refractivity contribution in [1.82, 2.24) is 14.9 Å². The van der Waals surface area contributed by atoms with Crippen molar-refractivity contribution in [1.29, 1.82) is 0 Å². The van der Waals surface area contributed by atoms with Crippen molar-refractivity contribution in [2.45, 2.75) is 18.6 Å². The third-order valence-corrected chi connectivity index (χ3v) is 5.54. The molecule has 8 nitrogen and oxygen atoms in total. The Morgan fingerprint density at radius 2 is 1.79 bits per heavy atom. The molecular formula is C22H20F3N3O5. The Morgan fingerprint density at radius 3 is 2.45 bits per heavy atom. The predicted molar refractivity (Wildman–Crippen MR) is 112 cm³/mol. The van der Waals surface area contributed by atoms with E-state index >= 15 is 0 Å². The zero-order valence-electron chi connectivity index (χ0n) is 17.6. The summed E-state index contributed by atoms with van der Waals surface area (Å²) < 4.78 is 50.8. The van der Waals surface area contributed by atoms with Crippen LogP contribution in [0.15, 0.2) is 46.0 Å². The van der Waals surface area contributed by atoms with E-state index in [4.69, 9.17) is 9.47 Å². The minimum Gasteiger partial charge on any atom is -0.494 e. The molecule has 2 heterocycles. The maximum atomic E-state index is 13.2. The first-order chi connectivity index (χ1) is 15.7. The molecule has 0 spiro atoms. The van der Waals surface area contributed by atoms with Gasteiger partial charge >= 0.3 is 11.9 Å². The molecule has 0 radical (unpaired) electrons. The molecule has 4 rings (SSSR count). The van der Waals surface area contributed by atoms with Crippen molar-refractivity contribution >= 4 is 0 Å². The molecule has 0 aliphatic carbocycles. The van der Waals surface area contributed by atoms with Crippen LogP contribution in [0.4, 0.5) is 13.2 Å². The predicted octanol–water partition coefficient (Wildman–Crippen LogP) is 2.50. The molecule has 174 valence electrons. The number of fused-ring (bicyclic) bond motifs is 1. The van der Waals surface area contributed by atoms with Crippen molar-refractivity contribution in [2.75, 3.05) is 20.8 Å². The fourth-order valence-electron chi connectivity index (χ4n) is 4.00. The van der Waals surface area contributed by atoms with Crippen molar-refractivity contribution in [3.8, 4) is 23.1 Å². The Kier molecular flexibility index (Phi) is 5.66. The first-order valence-electron chi connectivity index (χ1n) is 9.89. The number of halogens is 3. The van der Waals surface area contributed by atoms with E-state index in [-0.39, 0.29) is 11.3 Å². The summed E-state index contributed by atoms with van der Waals surface area (Å²) in [5, 5.41) is 14.1. The van der Waals surface area contributed by atoms with Gasteiger partial charge in [-0.25, -0.2) is 9.36 Å². The summed E-state index contributed by atoms with van der Waals surface area (Å²) in [5.41, 5.74) is -1.95. The molecule has 1 atom stereocenters. The summed E-state index contributed by atoms with van der Waals surface area (Å²) in [4.78, 5) is 27.3. The van der Waals surface area contributed by atoms with E-state index in [0.717, 1.165) is 23.8 Å². The molecular weight excluding hydrogens is 443 g/mol. The molecule has 0 amide bonds. The van der Waals surface area contributed by atoms with Crippen LogP contribution < -0.4 is 26.0 Å². The zero-order valence-corrected chi connectivity index (χ0v) is 17.6. The summed E-state index contributed by atoms with van der Waals surface area (Å²) in [5.74, 6) is 0.124. The van der Waals surface area contributed by atoms with Gasteiger partial charge in [0.05, 0.1) is 37.1 Å². The number of hydrogen-bond acceptors (Lipinski definition) is 6. The second-order valence-corrected chi connectivity index (χ2v) is 7.42. The average Bonchev–Trinajstić information content (AvgIpc) is 2.77. The van der Waals surface area contributed by atoms with Crippen LogP contribution in [0.25, 0.3) is 5.69 Å². The van der Waals surface area contributed by atoms with Gasteiger partial charge in [0.15, 0.2) is 11.5 Å². The number of hydrogen-bond donors (Lipinski definition) is 3. The first-order valence-corrected chi connectivity index (χ1v) is 9.89. The average molecular weight is 463 g/mol. The van der Waals surface area contributed by atoms with Gasteiger partial charge in [0.25, 0.3) is 5.56 Å². The number of aromatic amines is 1. The Labute approximate surface area is 185 Å². The lowest BCUT2D eigenvalue weighted by Gasteiger charge is -2.28. The lowest BCUT2D eigenvalue weighted by atomic mass is 9.90. The summed E-state index contributed by atoms with van der Waals surface area (Å²) >= 11 is 0. The summed E-state index contributed by atoms with van der Waals surface area (Å²) in [6.07, 6.45) is -4.06. The summed E-state index contributed by atoms with van der Waals surface area (Å²) in [6.45, 7) is 0.439. The number of aromatic hydroxyl groups is 1. The second-order valence-electron chi connectivity index (χ2n) is 7.42. The molecule has 0 saturated carbocycles. The first kappa shape index (κ1) is 22.5. The molecule has 33 heavy (non-hydrogen) atoms. The van der Waals surface area contributed by atoms with Crippen LogP contribution in [-0.4, -0.2) is 35.4 Å². The van der Waals surface area contributed by atoms with Crippen LogP contribution in [0.1, 0.15) is 28.3 Å². The number of rotatable bonds is 4. The lowest BCUT2D eigenvalue weighted by Crippen LogP contribution is -2.38. The Morgan fingerprint density at radius 1 is 1.09 bits per heavy atom. The molecule has 0 fully saturated rings. The normalized spacial score (nSPS) is 15.7. The minimum absolute atomic E-state index is 0.208. The molecule has 1 aliphatic heterocycles. The van der Waals surface area contributed by atoms with E-state index in [9.17, 15) is 27.9 Å². The van der Waals surface area contributed by atoms with Gasteiger partial charge in [-0.05, 0) is 47.9 Å². The third kappa shape index (κ3) is 3.95. The SMILES string of the molecule is COc1cc2c(cc1OC)C(c1c(O)n(-c3cccc(C(F)(F)F)c3)c(=O)[nH]c1=O)NCC2. The van der Waals surface area contributed by atoms with Gasteiger partial charge in [-0.3, -0.25) is 9.78 Å². The molecule has 1 aliphatic rings. The van der Waals surface area contributed by atoms with Crippen molar-refractivity contribution < 1.29 is 27.8 Å². The Bertz CT molecular complexity index is 1330. The number of aromatic nitrogens is 2. The number of nitrogens with one attached hydrogen (secondary N) is 2. The lowest BCUT2D eigenvalue weighted by molar-refractivity contribution is -0.137. The molecule has 3 aromatic rings. The van der Waals surface area contributed by atoms with E-state index in [1.807, 2.05) is 0 Å². The van der Waals surface area contributed by atoms with Crippen LogP contribution in [-0.2, 0) is 12.6 Å². The smallest absolute Gasteiger partial charge is 0.416 e. The fourth-order valence-corrected chi connectivity index (χ4v) is 4.00. The van der Waals surface area contributed by atoms with Crippen LogP contribution in [0.2, 0.25) is 0 Å². The molecule has 0 saturated heterocycles. The van der Waals surface area contributed by atoms with Gasteiger partial charge in [0.1, 0.15) is 0 Å². The largest absolute Gasteiger partial charge is 0.494 e. The highest BCUT2D eigenvalue weighted by Gasteiger charge is 2.32. The quantitative estimate of drug-likeness (QED) is 0.549. The molecule has 1 aromatic heterocycles. The summed E-state index contributed by atoms with van der Waals surface area (Å²) in [6, 6.07) is 6.47. The van der Waals surface area contributed by atoms with Crippen LogP contribution in [0.5, 0.6) is 17.4 Å². The van der Waals surface area contributed by atoms with Gasteiger partial charge in [-0.2, -0.15) is 13.2 Å². The van der Waals surface area contributed by atoms with E-state index in [2.05, 4.69) is 10.3 Å². The maximum Gasteiger partial charge on any atom is 0.416 e. The van der Waals surface area contributed by atoms with Gasteiger partial charge in [-0.15, -0.1) is 0 Å². The van der Waals surface area contributed by atoms with Gasteiger partial charge in [0.2, 0.25) is 5.88 Å². The van der Waals surface area contributed by atoms with Gasteiger partial charge in [0, 0.05) is 6.54 Å². The number of methoxy groups -OCH3 is 2. The number of H-pyrrole nitrogens is 1. The summed E-state index contributed by atoms with van der Waals surface area (Å²) in [7, 11) is 2.94. The van der Waals surface area contributed by atoms with E-state index in [1.54, 1.807) is 12.1 Å². The topological polar surface area (TPSA) is 106 Å². The van der Waals surface area contributed by atoms with Crippen molar-refractivity contribution in [2.24, 2.45) is 0 Å². The van der Waals surface area contributed by atoms with Crippen LogP contribution in [0, 0.1) is 0 Å². The van der Waals surface area contributed by atoms with E-state index in [0.29, 0.717) is 34.6 Å². The van der Waals surface area contributed by atoms with E-state index in [1.165, 1.54) is 20.3 Å². The van der Waals surface area contributed by atoms with Crippen molar-refractivity contribution in [3.05, 3.63) is 79.5 Å². The van der Waals surface area contributed by atoms with Gasteiger partial charge < -0.3 is 19.9 Å². The van der Waals surface area contributed by atoms with Crippen LogP contribution >= 0.6 is 0 Å².